The monoisotopic (exact) mass is 523 g/mol. The van der Waals surface area contributed by atoms with E-state index in [1.165, 1.54) is 28.2 Å². The van der Waals surface area contributed by atoms with E-state index in [2.05, 4.69) is 27.3 Å². The standard InChI is InChI=1S/C21H25N5O3.HI/c1-24(2)20(27)14-23-21(22-13-16-7-9-19(10-8-16)26(28)29)25-12-11-17-5-3-4-6-18(17)15-25;/h3-10H,11-15H2,1-2H3,(H,22,23);1H. The molecule has 0 radical (unpaired) electrons. The minimum absolute atomic E-state index is 0. The van der Waals surface area contributed by atoms with Crippen LogP contribution in [0.3, 0.4) is 0 Å². The lowest BCUT2D eigenvalue weighted by molar-refractivity contribution is -0.384. The number of rotatable bonds is 5. The third-order valence-corrected chi connectivity index (χ3v) is 4.89. The molecular weight excluding hydrogens is 497 g/mol. The molecule has 0 atom stereocenters. The maximum Gasteiger partial charge on any atom is 0.269 e. The summed E-state index contributed by atoms with van der Waals surface area (Å²) in [6, 6.07) is 14.7. The van der Waals surface area contributed by atoms with Gasteiger partial charge >= 0.3 is 0 Å². The van der Waals surface area contributed by atoms with Gasteiger partial charge < -0.3 is 15.1 Å². The number of fused-ring (bicyclic) bond motifs is 1. The summed E-state index contributed by atoms with van der Waals surface area (Å²) in [5, 5.41) is 14.0. The molecule has 1 aliphatic rings. The van der Waals surface area contributed by atoms with E-state index >= 15 is 0 Å². The van der Waals surface area contributed by atoms with E-state index in [-0.39, 0.29) is 42.1 Å². The Balaban J connectivity index is 0.00000320. The third-order valence-electron chi connectivity index (χ3n) is 4.89. The van der Waals surface area contributed by atoms with E-state index in [9.17, 15) is 14.9 Å². The highest BCUT2D eigenvalue weighted by Gasteiger charge is 2.19. The zero-order chi connectivity index (χ0) is 20.8. The average Bonchev–Trinajstić information content (AvgIpc) is 2.73. The van der Waals surface area contributed by atoms with E-state index in [0.717, 1.165) is 25.1 Å². The Bertz CT molecular complexity index is 915. The summed E-state index contributed by atoms with van der Waals surface area (Å²) in [5.74, 6) is 0.624. The van der Waals surface area contributed by atoms with Crippen molar-refractivity contribution in [3.63, 3.8) is 0 Å². The number of likely N-dealkylation sites (N-methyl/N-ethyl adjacent to an activating group) is 1. The summed E-state index contributed by atoms with van der Waals surface area (Å²) in [6.07, 6.45) is 0.913. The summed E-state index contributed by atoms with van der Waals surface area (Å²) >= 11 is 0. The topological polar surface area (TPSA) is 91.1 Å². The molecule has 1 heterocycles. The highest BCUT2D eigenvalue weighted by atomic mass is 127. The van der Waals surface area contributed by atoms with Crippen LogP contribution in [0.4, 0.5) is 5.69 Å². The minimum Gasteiger partial charge on any atom is -0.347 e. The fourth-order valence-electron chi connectivity index (χ4n) is 3.15. The van der Waals surface area contributed by atoms with E-state index in [4.69, 9.17) is 0 Å². The molecule has 1 aliphatic heterocycles. The molecule has 0 aromatic heterocycles. The first-order valence-electron chi connectivity index (χ1n) is 9.47. The van der Waals surface area contributed by atoms with Gasteiger partial charge in [0.05, 0.1) is 18.0 Å². The van der Waals surface area contributed by atoms with Crippen LogP contribution < -0.4 is 5.32 Å². The molecule has 3 rings (SSSR count). The van der Waals surface area contributed by atoms with E-state index in [1.54, 1.807) is 26.2 Å². The van der Waals surface area contributed by atoms with Crippen LogP contribution in [0, 0.1) is 10.1 Å². The van der Waals surface area contributed by atoms with Crippen molar-refractivity contribution in [3.8, 4) is 0 Å². The fraction of sp³-hybridized carbons (Fsp3) is 0.333. The summed E-state index contributed by atoms with van der Waals surface area (Å²) in [4.78, 5) is 30.8. The van der Waals surface area contributed by atoms with Gasteiger partial charge in [0.25, 0.3) is 5.69 Å². The van der Waals surface area contributed by atoms with Crippen LogP contribution in [-0.2, 0) is 24.3 Å². The van der Waals surface area contributed by atoms with E-state index in [0.29, 0.717) is 12.5 Å². The number of guanidine groups is 1. The number of hydrogen-bond donors (Lipinski definition) is 1. The second-order valence-corrected chi connectivity index (χ2v) is 7.15. The van der Waals surface area contributed by atoms with Crippen molar-refractivity contribution in [2.45, 2.75) is 19.5 Å². The van der Waals surface area contributed by atoms with Crippen molar-refractivity contribution >= 4 is 41.5 Å². The molecule has 8 nitrogen and oxygen atoms in total. The Kier molecular flexibility index (Phi) is 8.58. The maximum absolute atomic E-state index is 12.0. The number of benzene rings is 2. The van der Waals surface area contributed by atoms with Crippen molar-refractivity contribution in [1.29, 1.82) is 0 Å². The molecule has 9 heteroatoms. The number of amides is 1. The van der Waals surface area contributed by atoms with Gasteiger partial charge in [-0.15, -0.1) is 24.0 Å². The number of nitro groups is 1. The van der Waals surface area contributed by atoms with Gasteiger partial charge in [0, 0.05) is 39.3 Å². The van der Waals surface area contributed by atoms with Gasteiger partial charge in [-0.25, -0.2) is 4.99 Å². The van der Waals surface area contributed by atoms with Crippen LogP contribution in [0.5, 0.6) is 0 Å². The maximum atomic E-state index is 12.0. The van der Waals surface area contributed by atoms with Crippen molar-refractivity contribution in [3.05, 3.63) is 75.3 Å². The van der Waals surface area contributed by atoms with Crippen LogP contribution in [0.1, 0.15) is 16.7 Å². The van der Waals surface area contributed by atoms with E-state index < -0.39 is 4.92 Å². The fourth-order valence-corrected chi connectivity index (χ4v) is 3.15. The molecule has 160 valence electrons. The molecule has 0 unspecified atom stereocenters. The van der Waals surface area contributed by atoms with Gasteiger partial charge in [-0.2, -0.15) is 0 Å². The number of nitrogens with one attached hydrogen (secondary N) is 1. The minimum atomic E-state index is -0.419. The number of nitro benzene ring substituents is 1. The zero-order valence-electron chi connectivity index (χ0n) is 17.1. The van der Waals surface area contributed by atoms with Crippen molar-refractivity contribution in [2.75, 3.05) is 27.2 Å². The molecular formula is C21H26IN5O3. The SMILES string of the molecule is CN(C)C(=O)CNC(=NCc1ccc([N+](=O)[O-])cc1)N1CCc2ccccc2C1.I. The largest absolute Gasteiger partial charge is 0.347 e. The Labute approximate surface area is 193 Å². The lowest BCUT2D eigenvalue weighted by Crippen LogP contribution is -2.47. The Morgan fingerprint density at radius 1 is 1.17 bits per heavy atom. The van der Waals surface area contributed by atoms with Gasteiger partial charge in [-0.05, 0) is 23.1 Å². The first kappa shape index (κ1) is 23.6. The van der Waals surface area contributed by atoms with Crippen LogP contribution in [0.25, 0.3) is 0 Å². The van der Waals surface area contributed by atoms with Gasteiger partial charge in [-0.1, -0.05) is 36.4 Å². The molecule has 0 saturated heterocycles. The summed E-state index contributed by atoms with van der Waals surface area (Å²) in [6.45, 7) is 2.05. The molecule has 1 amide bonds. The number of nitrogens with zero attached hydrogens (tertiary/aromatic N) is 4. The Morgan fingerprint density at radius 3 is 2.47 bits per heavy atom. The predicted octanol–water partition coefficient (Wildman–Crippen LogP) is 2.80. The highest BCUT2D eigenvalue weighted by Crippen LogP contribution is 2.19. The Hall–Kier alpha value is -2.69. The van der Waals surface area contributed by atoms with Crippen LogP contribution in [0.2, 0.25) is 0 Å². The number of carbonyl (C=O) groups excluding carboxylic acids is 1. The lowest BCUT2D eigenvalue weighted by atomic mass is 10.0. The summed E-state index contributed by atoms with van der Waals surface area (Å²) < 4.78 is 0. The third kappa shape index (κ3) is 6.15. The molecule has 0 aliphatic carbocycles. The molecule has 0 bridgehead atoms. The molecule has 2 aromatic rings. The second-order valence-electron chi connectivity index (χ2n) is 7.15. The van der Waals surface area contributed by atoms with Crippen LogP contribution in [0.15, 0.2) is 53.5 Å². The van der Waals surface area contributed by atoms with Gasteiger partial charge in [0.2, 0.25) is 5.91 Å². The van der Waals surface area contributed by atoms with Gasteiger partial charge in [0.1, 0.15) is 0 Å². The zero-order valence-corrected chi connectivity index (χ0v) is 19.4. The Morgan fingerprint density at radius 2 is 1.83 bits per heavy atom. The average molecular weight is 523 g/mol. The number of aliphatic imine (C=N–C) groups is 1. The number of halogens is 1. The predicted molar refractivity (Wildman–Crippen MR) is 127 cm³/mol. The van der Waals surface area contributed by atoms with Crippen molar-refractivity contribution in [2.24, 2.45) is 4.99 Å². The molecule has 2 aromatic carbocycles. The quantitative estimate of drug-likeness (QED) is 0.214. The van der Waals surface area contributed by atoms with Gasteiger partial charge in [0.15, 0.2) is 5.96 Å². The van der Waals surface area contributed by atoms with Crippen molar-refractivity contribution < 1.29 is 9.72 Å². The smallest absolute Gasteiger partial charge is 0.269 e. The summed E-state index contributed by atoms with van der Waals surface area (Å²) in [7, 11) is 3.43. The normalized spacial score (nSPS) is 13.1. The number of carbonyl (C=O) groups is 1. The molecule has 1 N–H and O–H groups in total. The number of non-ortho nitro benzene ring substituents is 1. The van der Waals surface area contributed by atoms with Crippen LogP contribution in [-0.4, -0.2) is 53.8 Å². The summed E-state index contributed by atoms with van der Waals surface area (Å²) in [5.41, 5.74) is 3.51. The second kappa shape index (κ2) is 10.9. The first-order chi connectivity index (χ1) is 13.9. The first-order valence-corrected chi connectivity index (χ1v) is 9.47. The molecule has 0 spiro atoms. The van der Waals surface area contributed by atoms with Gasteiger partial charge in [-0.3, -0.25) is 14.9 Å². The number of hydrogen-bond acceptors (Lipinski definition) is 4. The molecule has 30 heavy (non-hydrogen) atoms. The molecule has 0 fully saturated rings. The van der Waals surface area contributed by atoms with Crippen LogP contribution >= 0.6 is 24.0 Å². The highest BCUT2D eigenvalue weighted by molar-refractivity contribution is 14.0. The van der Waals surface area contributed by atoms with Crippen molar-refractivity contribution in [1.82, 2.24) is 15.1 Å². The van der Waals surface area contributed by atoms with E-state index in [1.807, 2.05) is 12.1 Å². The molecule has 0 saturated carbocycles. The lowest BCUT2D eigenvalue weighted by Gasteiger charge is -2.32.